The molecule has 6 heteroatoms. The van der Waals surface area contributed by atoms with Gasteiger partial charge in [-0.05, 0) is 13.8 Å². The van der Waals surface area contributed by atoms with Gasteiger partial charge in [0.2, 0.25) is 0 Å². The van der Waals surface area contributed by atoms with Gasteiger partial charge in [0.1, 0.15) is 17.5 Å². The van der Waals surface area contributed by atoms with Gasteiger partial charge in [0.05, 0.1) is 0 Å². The van der Waals surface area contributed by atoms with Crippen LogP contribution in [0.3, 0.4) is 0 Å². The molecule has 5 nitrogen and oxygen atoms in total. The van der Waals surface area contributed by atoms with E-state index in [0.717, 1.165) is 41.7 Å². The molecule has 1 aliphatic heterocycles. The second kappa shape index (κ2) is 5.96. The summed E-state index contributed by atoms with van der Waals surface area (Å²) >= 11 is 2.02. The number of thioether (sulfide) groups is 1. The van der Waals surface area contributed by atoms with Crippen LogP contribution >= 0.6 is 11.8 Å². The van der Waals surface area contributed by atoms with E-state index < -0.39 is 0 Å². The Morgan fingerprint density at radius 3 is 2.79 bits per heavy atom. The smallest absolute Gasteiger partial charge is 0.148 e. The number of hydrogen-bond acceptors (Lipinski definition) is 6. The van der Waals surface area contributed by atoms with E-state index in [9.17, 15) is 0 Å². The zero-order chi connectivity index (χ0) is 14.0. The molecule has 1 fully saturated rings. The number of nitrogens with two attached hydrogens (primary N) is 1. The third-order valence-electron chi connectivity index (χ3n) is 3.78. The molecule has 3 N–H and O–H groups in total. The Kier molecular flexibility index (Phi) is 4.52. The molecule has 2 heterocycles. The quantitative estimate of drug-likeness (QED) is 0.652. The van der Waals surface area contributed by atoms with Gasteiger partial charge < -0.3 is 10.3 Å². The predicted octanol–water partition coefficient (Wildman–Crippen LogP) is 1.96. The number of aromatic nitrogens is 2. The number of nitrogens with zero attached hydrogens (tertiary/aromatic N) is 3. The highest BCUT2D eigenvalue weighted by molar-refractivity contribution is 8.00. The highest BCUT2D eigenvalue weighted by Gasteiger charge is 2.28. The second-order valence-electron chi connectivity index (χ2n) is 4.94. The van der Waals surface area contributed by atoms with Gasteiger partial charge in [0, 0.05) is 35.6 Å². The Labute approximate surface area is 119 Å². The molecule has 0 spiro atoms. The van der Waals surface area contributed by atoms with Gasteiger partial charge in [-0.3, -0.25) is 0 Å². The minimum atomic E-state index is 0.475. The molecule has 1 aromatic rings. The molecule has 0 aliphatic carbocycles. The monoisotopic (exact) mass is 281 g/mol. The van der Waals surface area contributed by atoms with E-state index in [1.807, 2.05) is 18.7 Å². The average molecular weight is 281 g/mol. The van der Waals surface area contributed by atoms with E-state index in [4.69, 9.17) is 10.8 Å². The van der Waals surface area contributed by atoms with E-state index in [1.165, 1.54) is 0 Å². The first-order valence-electron chi connectivity index (χ1n) is 6.80. The fourth-order valence-electron chi connectivity index (χ4n) is 2.36. The van der Waals surface area contributed by atoms with E-state index >= 15 is 0 Å². The van der Waals surface area contributed by atoms with Crippen molar-refractivity contribution < 1.29 is 0 Å². The summed E-state index contributed by atoms with van der Waals surface area (Å²) < 4.78 is 0. The molecule has 0 bridgehead atoms. The zero-order valence-corrected chi connectivity index (χ0v) is 12.9. The zero-order valence-electron chi connectivity index (χ0n) is 12.1. The van der Waals surface area contributed by atoms with E-state index in [1.54, 1.807) is 0 Å². The summed E-state index contributed by atoms with van der Waals surface area (Å²) in [6.45, 7) is 9.66. The summed E-state index contributed by atoms with van der Waals surface area (Å²) in [5.74, 6) is 9.32. The molecule has 19 heavy (non-hydrogen) atoms. The molecular weight excluding hydrogens is 258 g/mol. The highest BCUT2D eigenvalue weighted by atomic mass is 32.2. The van der Waals surface area contributed by atoms with Crippen LogP contribution in [-0.2, 0) is 6.42 Å². The SMILES string of the molecule is CCc1nc(NN)c(C)c(N2CCSC(C)C2C)n1. The molecule has 2 rings (SSSR count). The third kappa shape index (κ3) is 2.79. The van der Waals surface area contributed by atoms with Gasteiger partial charge in [-0.1, -0.05) is 13.8 Å². The summed E-state index contributed by atoms with van der Waals surface area (Å²) in [7, 11) is 0. The largest absolute Gasteiger partial charge is 0.352 e. The first-order valence-corrected chi connectivity index (χ1v) is 7.85. The van der Waals surface area contributed by atoms with Crippen molar-refractivity contribution in [1.29, 1.82) is 0 Å². The first-order chi connectivity index (χ1) is 9.08. The lowest BCUT2D eigenvalue weighted by Gasteiger charge is -2.39. The van der Waals surface area contributed by atoms with Gasteiger partial charge in [-0.2, -0.15) is 11.8 Å². The molecule has 1 aliphatic rings. The van der Waals surface area contributed by atoms with E-state index in [-0.39, 0.29) is 0 Å². The second-order valence-corrected chi connectivity index (χ2v) is 6.43. The van der Waals surface area contributed by atoms with Crippen LogP contribution in [0.25, 0.3) is 0 Å². The molecular formula is C13H23N5S. The average Bonchev–Trinajstić information content (AvgIpc) is 2.42. The van der Waals surface area contributed by atoms with Crippen LogP contribution in [-0.4, -0.2) is 33.6 Å². The normalized spacial score (nSPS) is 23.5. The van der Waals surface area contributed by atoms with Crippen molar-refractivity contribution in [1.82, 2.24) is 9.97 Å². The summed E-state index contributed by atoms with van der Waals surface area (Å²) in [5.41, 5.74) is 3.73. The molecule has 106 valence electrons. The lowest BCUT2D eigenvalue weighted by Crippen LogP contribution is -2.45. The predicted molar refractivity (Wildman–Crippen MR) is 82.7 cm³/mol. The molecule has 2 unspecified atom stereocenters. The number of hydrogen-bond donors (Lipinski definition) is 2. The van der Waals surface area contributed by atoms with Gasteiger partial charge in [0.25, 0.3) is 0 Å². The Morgan fingerprint density at radius 2 is 2.16 bits per heavy atom. The van der Waals surface area contributed by atoms with Crippen LogP contribution in [0.2, 0.25) is 0 Å². The maximum absolute atomic E-state index is 5.57. The molecule has 2 atom stereocenters. The van der Waals surface area contributed by atoms with Crippen molar-refractivity contribution in [2.45, 2.75) is 45.4 Å². The molecule has 1 saturated heterocycles. The van der Waals surface area contributed by atoms with Crippen LogP contribution in [0.5, 0.6) is 0 Å². The van der Waals surface area contributed by atoms with Crippen LogP contribution in [0, 0.1) is 6.92 Å². The lowest BCUT2D eigenvalue weighted by molar-refractivity contribution is 0.616. The summed E-state index contributed by atoms with van der Waals surface area (Å²) in [5, 5.41) is 0.613. The van der Waals surface area contributed by atoms with Crippen molar-refractivity contribution in [3.05, 3.63) is 11.4 Å². The van der Waals surface area contributed by atoms with Crippen molar-refractivity contribution >= 4 is 23.4 Å². The number of rotatable bonds is 3. The number of nitrogen functional groups attached to an aromatic ring is 1. The summed E-state index contributed by atoms with van der Waals surface area (Å²) in [6, 6.07) is 0.475. The highest BCUT2D eigenvalue weighted by Crippen LogP contribution is 2.31. The molecule has 0 saturated carbocycles. The summed E-state index contributed by atoms with van der Waals surface area (Å²) in [6.07, 6.45) is 0.814. The number of hydrazine groups is 1. The van der Waals surface area contributed by atoms with E-state index in [0.29, 0.717) is 11.3 Å². The van der Waals surface area contributed by atoms with Crippen LogP contribution < -0.4 is 16.2 Å². The molecule has 0 aromatic carbocycles. The van der Waals surface area contributed by atoms with Gasteiger partial charge in [-0.25, -0.2) is 15.8 Å². The standard InChI is InChI=1S/C13H23N5S/c1-5-11-15-12(17-14)8(2)13(16-11)18-6-7-19-10(4)9(18)3/h9-10H,5-7,14H2,1-4H3,(H,15,16,17). The minimum Gasteiger partial charge on any atom is -0.352 e. The Hall–Kier alpha value is -1.01. The third-order valence-corrected chi connectivity index (χ3v) is 5.11. The van der Waals surface area contributed by atoms with Crippen LogP contribution in [0.1, 0.15) is 32.2 Å². The maximum Gasteiger partial charge on any atom is 0.148 e. The lowest BCUT2D eigenvalue weighted by atomic mass is 10.1. The Morgan fingerprint density at radius 1 is 1.42 bits per heavy atom. The minimum absolute atomic E-state index is 0.475. The van der Waals surface area contributed by atoms with Crippen molar-refractivity contribution in [2.24, 2.45) is 5.84 Å². The van der Waals surface area contributed by atoms with Crippen molar-refractivity contribution in [3.63, 3.8) is 0 Å². The molecule has 1 aromatic heterocycles. The fourth-order valence-corrected chi connectivity index (χ4v) is 3.46. The van der Waals surface area contributed by atoms with E-state index in [2.05, 4.69) is 36.1 Å². The summed E-state index contributed by atoms with van der Waals surface area (Å²) in [4.78, 5) is 11.5. The van der Waals surface area contributed by atoms with Crippen LogP contribution in [0.4, 0.5) is 11.6 Å². The topological polar surface area (TPSA) is 67.1 Å². The number of nitrogens with one attached hydrogen (secondary N) is 1. The van der Waals surface area contributed by atoms with Crippen molar-refractivity contribution in [2.75, 3.05) is 22.6 Å². The van der Waals surface area contributed by atoms with Gasteiger partial charge >= 0.3 is 0 Å². The van der Waals surface area contributed by atoms with Gasteiger partial charge in [-0.15, -0.1) is 0 Å². The maximum atomic E-state index is 5.57. The Bertz CT molecular complexity index is 451. The van der Waals surface area contributed by atoms with Crippen LogP contribution in [0.15, 0.2) is 0 Å². The van der Waals surface area contributed by atoms with Crippen molar-refractivity contribution in [3.8, 4) is 0 Å². The first kappa shape index (κ1) is 14.4. The number of aryl methyl sites for hydroxylation is 1. The Balaban J connectivity index is 2.42. The van der Waals surface area contributed by atoms with Gasteiger partial charge in [0.15, 0.2) is 0 Å². The molecule has 0 amide bonds. The number of anilines is 2. The fraction of sp³-hybridized carbons (Fsp3) is 0.692. The molecule has 0 radical (unpaired) electrons.